The van der Waals surface area contributed by atoms with Crippen LogP contribution in [-0.2, 0) is 6.54 Å². The molecule has 0 fully saturated rings. The first kappa shape index (κ1) is 15.1. The Kier molecular flexibility index (Phi) is 4.89. The van der Waals surface area contributed by atoms with Gasteiger partial charge in [-0.05, 0) is 37.1 Å². The SMILES string of the molecule is CCNCc1sc(-c2cc(F)ccc2C)nc1C(C)C. The maximum absolute atomic E-state index is 13.5. The first-order valence-corrected chi connectivity index (χ1v) is 7.81. The largest absolute Gasteiger partial charge is 0.312 e. The number of benzene rings is 1. The average Bonchev–Trinajstić information content (AvgIpc) is 2.83. The van der Waals surface area contributed by atoms with E-state index in [1.54, 1.807) is 17.4 Å². The van der Waals surface area contributed by atoms with Gasteiger partial charge in [0.15, 0.2) is 0 Å². The molecular formula is C16H21FN2S. The van der Waals surface area contributed by atoms with Gasteiger partial charge in [0.2, 0.25) is 0 Å². The fraction of sp³-hybridized carbons (Fsp3) is 0.438. The van der Waals surface area contributed by atoms with E-state index in [0.717, 1.165) is 34.9 Å². The fourth-order valence-electron chi connectivity index (χ4n) is 2.12. The van der Waals surface area contributed by atoms with Crippen LogP contribution in [0, 0.1) is 12.7 Å². The monoisotopic (exact) mass is 292 g/mol. The third-order valence-corrected chi connectivity index (χ3v) is 4.34. The van der Waals surface area contributed by atoms with Gasteiger partial charge in [-0.15, -0.1) is 11.3 Å². The van der Waals surface area contributed by atoms with Gasteiger partial charge in [-0.25, -0.2) is 9.37 Å². The minimum atomic E-state index is -0.208. The second-order valence-electron chi connectivity index (χ2n) is 5.22. The lowest BCUT2D eigenvalue weighted by Crippen LogP contribution is -2.12. The van der Waals surface area contributed by atoms with Gasteiger partial charge in [0.05, 0.1) is 5.69 Å². The molecule has 0 spiro atoms. The molecule has 2 nitrogen and oxygen atoms in total. The summed E-state index contributed by atoms with van der Waals surface area (Å²) in [6.45, 7) is 10.1. The quantitative estimate of drug-likeness (QED) is 0.878. The highest BCUT2D eigenvalue weighted by Gasteiger charge is 2.16. The number of thiazole rings is 1. The predicted octanol–water partition coefficient (Wildman–Crippen LogP) is 4.49. The second kappa shape index (κ2) is 6.46. The molecule has 2 rings (SSSR count). The van der Waals surface area contributed by atoms with E-state index in [-0.39, 0.29) is 5.82 Å². The molecule has 0 saturated heterocycles. The standard InChI is InChI=1S/C16H21FN2S/c1-5-18-9-14-15(10(2)3)19-16(20-14)13-8-12(17)7-6-11(13)4/h6-8,10,18H,5,9H2,1-4H3. The summed E-state index contributed by atoms with van der Waals surface area (Å²) in [6.07, 6.45) is 0. The Morgan fingerprint density at radius 3 is 2.75 bits per heavy atom. The molecule has 0 aliphatic rings. The van der Waals surface area contributed by atoms with Gasteiger partial charge in [-0.1, -0.05) is 26.8 Å². The fourth-order valence-corrected chi connectivity index (χ4v) is 3.39. The average molecular weight is 292 g/mol. The molecule has 4 heteroatoms. The van der Waals surface area contributed by atoms with Crippen molar-refractivity contribution in [1.82, 2.24) is 10.3 Å². The molecule has 0 unspecified atom stereocenters. The van der Waals surface area contributed by atoms with Crippen molar-refractivity contribution in [1.29, 1.82) is 0 Å². The summed E-state index contributed by atoms with van der Waals surface area (Å²) in [4.78, 5) is 6.00. The lowest BCUT2D eigenvalue weighted by atomic mass is 10.1. The third kappa shape index (κ3) is 3.25. The molecule has 0 aliphatic carbocycles. The van der Waals surface area contributed by atoms with E-state index in [0.29, 0.717) is 5.92 Å². The molecule has 0 aliphatic heterocycles. The van der Waals surface area contributed by atoms with Crippen molar-refractivity contribution in [2.75, 3.05) is 6.54 Å². The first-order chi connectivity index (χ1) is 9.52. The molecule has 0 radical (unpaired) electrons. The Morgan fingerprint density at radius 1 is 1.35 bits per heavy atom. The Balaban J connectivity index is 2.44. The smallest absolute Gasteiger partial charge is 0.124 e. The normalized spacial score (nSPS) is 11.3. The van der Waals surface area contributed by atoms with Crippen LogP contribution in [0.3, 0.4) is 0 Å². The van der Waals surface area contributed by atoms with Crippen LogP contribution in [-0.4, -0.2) is 11.5 Å². The molecule has 0 bridgehead atoms. The van der Waals surface area contributed by atoms with Crippen molar-refractivity contribution in [3.8, 4) is 10.6 Å². The number of nitrogens with zero attached hydrogens (tertiary/aromatic N) is 1. The van der Waals surface area contributed by atoms with Gasteiger partial charge in [0.1, 0.15) is 10.8 Å². The van der Waals surface area contributed by atoms with E-state index in [1.165, 1.54) is 10.9 Å². The third-order valence-electron chi connectivity index (χ3n) is 3.24. The molecule has 0 amide bonds. The van der Waals surface area contributed by atoms with Crippen molar-refractivity contribution in [2.45, 2.75) is 40.2 Å². The number of aromatic nitrogens is 1. The number of hydrogen-bond donors (Lipinski definition) is 1. The molecule has 2 aromatic rings. The zero-order valence-corrected chi connectivity index (χ0v) is 13.3. The zero-order chi connectivity index (χ0) is 14.7. The van der Waals surface area contributed by atoms with Crippen LogP contribution < -0.4 is 5.32 Å². The van der Waals surface area contributed by atoms with Gasteiger partial charge in [0.25, 0.3) is 0 Å². The van der Waals surface area contributed by atoms with Gasteiger partial charge in [0, 0.05) is 17.0 Å². The molecular weight excluding hydrogens is 271 g/mol. The molecule has 108 valence electrons. The van der Waals surface area contributed by atoms with Gasteiger partial charge < -0.3 is 5.32 Å². The molecule has 0 atom stereocenters. The lowest BCUT2D eigenvalue weighted by molar-refractivity contribution is 0.628. The number of halogens is 1. The maximum atomic E-state index is 13.5. The molecule has 1 aromatic carbocycles. The highest BCUT2D eigenvalue weighted by molar-refractivity contribution is 7.15. The van der Waals surface area contributed by atoms with Crippen LogP contribution in [0.5, 0.6) is 0 Å². The van der Waals surface area contributed by atoms with Crippen LogP contribution in [0.15, 0.2) is 18.2 Å². The summed E-state index contributed by atoms with van der Waals surface area (Å²) in [6, 6.07) is 4.88. The molecule has 1 N–H and O–H groups in total. The summed E-state index contributed by atoms with van der Waals surface area (Å²) in [5.41, 5.74) is 3.08. The van der Waals surface area contributed by atoms with E-state index in [4.69, 9.17) is 4.98 Å². The van der Waals surface area contributed by atoms with Crippen molar-refractivity contribution in [2.24, 2.45) is 0 Å². The zero-order valence-electron chi connectivity index (χ0n) is 12.5. The van der Waals surface area contributed by atoms with Crippen molar-refractivity contribution < 1.29 is 4.39 Å². The minimum absolute atomic E-state index is 0.208. The van der Waals surface area contributed by atoms with E-state index < -0.39 is 0 Å². The number of nitrogens with one attached hydrogen (secondary N) is 1. The van der Waals surface area contributed by atoms with E-state index in [9.17, 15) is 4.39 Å². The van der Waals surface area contributed by atoms with Crippen molar-refractivity contribution in [3.05, 3.63) is 40.2 Å². The summed E-state index contributed by atoms with van der Waals surface area (Å²) in [5.74, 6) is 0.169. The van der Waals surface area contributed by atoms with Gasteiger partial charge in [-0.2, -0.15) is 0 Å². The summed E-state index contributed by atoms with van der Waals surface area (Å²) >= 11 is 1.66. The summed E-state index contributed by atoms with van der Waals surface area (Å²) in [7, 11) is 0. The van der Waals surface area contributed by atoms with Crippen molar-refractivity contribution in [3.63, 3.8) is 0 Å². The summed E-state index contributed by atoms with van der Waals surface area (Å²) in [5, 5.41) is 4.26. The van der Waals surface area contributed by atoms with Crippen molar-refractivity contribution >= 4 is 11.3 Å². The van der Waals surface area contributed by atoms with Crippen LogP contribution in [0.1, 0.15) is 42.8 Å². The Labute approximate surface area is 124 Å². The number of aryl methyl sites for hydroxylation is 1. The maximum Gasteiger partial charge on any atom is 0.124 e. The molecule has 1 heterocycles. The molecule has 1 aromatic heterocycles. The van der Waals surface area contributed by atoms with E-state index >= 15 is 0 Å². The second-order valence-corrected chi connectivity index (χ2v) is 6.31. The Morgan fingerprint density at radius 2 is 2.10 bits per heavy atom. The van der Waals surface area contributed by atoms with Gasteiger partial charge >= 0.3 is 0 Å². The first-order valence-electron chi connectivity index (χ1n) is 6.99. The van der Waals surface area contributed by atoms with E-state index in [2.05, 4.69) is 26.1 Å². The number of rotatable bonds is 5. The lowest BCUT2D eigenvalue weighted by Gasteiger charge is -2.04. The predicted molar refractivity (Wildman–Crippen MR) is 83.7 cm³/mol. The highest BCUT2D eigenvalue weighted by Crippen LogP contribution is 2.33. The minimum Gasteiger partial charge on any atom is -0.312 e. The Bertz CT molecular complexity index is 590. The Hall–Kier alpha value is -1.26. The summed E-state index contributed by atoms with van der Waals surface area (Å²) < 4.78 is 13.5. The van der Waals surface area contributed by atoms with Crippen LogP contribution in [0.2, 0.25) is 0 Å². The van der Waals surface area contributed by atoms with Crippen LogP contribution in [0.25, 0.3) is 10.6 Å². The highest BCUT2D eigenvalue weighted by atomic mass is 32.1. The van der Waals surface area contributed by atoms with Gasteiger partial charge in [-0.3, -0.25) is 0 Å². The molecule has 0 saturated carbocycles. The van der Waals surface area contributed by atoms with E-state index in [1.807, 2.05) is 13.0 Å². The molecule has 20 heavy (non-hydrogen) atoms. The topological polar surface area (TPSA) is 24.9 Å². The van der Waals surface area contributed by atoms with Crippen LogP contribution in [0.4, 0.5) is 4.39 Å². The number of hydrogen-bond acceptors (Lipinski definition) is 3. The van der Waals surface area contributed by atoms with Crippen LogP contribution >= 0.6 is 11.3 Å².